The second-order valence-electron chi connectivity index (χ2n) is 7.11. The fourth-order valence-corrected chi connectivity index (χ4v) is 3.62. The summed E-state index contributed by atoms with van der Waals surface area (Å²) in [5, 5.41) is 3.07. The van der Waals surface area contributed by atoms with Crippen molar-refractivity contribution in [2.24, 2.45) is 5.92 Å². The van der Waals surface area contributed by atoms with Crippen LogP contribution in [0.25, 0.3) is 11.0 Å². The average molecular weight is 376 g/mol. The number of nitrogens with one attached hydrogen (secondary N) is 1. The van der Waals surface area contributed by atoms with Crippen LogP contribution in [0.5, 0.6) is 5.88 Å². The van der Waals surface area contributed by atoms with Crippen molar-refractivity contribution in [3.63, 3.8) is 0 Å². The third-order valence-electron chi connectivity index (χ3n) is 5.28. The fourth-order valence-electron chi connectivity index (χ4n) is 3.62. The molecule has 0 aliphatic carbocycles. The molecular formula is C22H24N4O2. The molecule has 0 spiro atoms. The largest absolute Gasteiger partial charge is 0.478 e. The highest BCUT2D eigenvalue weighted by Crippen LogP contribution is 2.30. The molecule has 0 atom stereocenters. The lowest BCUT2D eigenvalue weighted by Crippen LogP contribution is -2.39. The zero-order valence-electron chi connectivity index (χ0n) is 16.2. The molecular weight excluding hydrogens is 352 g/mol. The van der Waals surface area contributed by atoms with Gasteiger partial charge in [0.2, 0.25) is 5.91 Å². The maximum absolute atomic E-state index is 12.7. The number of rotatable bonds is 4. The molecule has 0 radical (unpaired) electrons. The Morgan fingerprint density at radius 2 is 1.68 bits per heavy atom. The van der Waals surface area contributed by atoms with E-state index in [1.807, 2.05) is 55.5 Å². The third kappa shape index (κ3) is 3.63. The van der Waals surface area contributed by atoms with E-state index in [2.05, 4.69) is 15.2 Å². The van der Waals surface area contributed by atoms with E-state index in [0.717, 1.165) is 54.0 Å². The summed E-state index contributed by atoms with van der Waals surface area (Å²) < 4.78 is 5.48. The summed E-state index contributed by atoms with van der Waals surface area (Å²) >= 11 is 0. The van der Waals surface area contributed by atoms with Gasteiger partial charge in [0.15, 0.2) is 5.82 Å². The van der Waals surface area contributed by atoms with Crippen molar-refractivity contribution in [1.82, 2.24) is 9.97 Å². The molecule has 0 saturated carbocycles. The summed E-state index contributed by atoms with van der Waals surface area (Å²) in [6.45, 7) is 3.49. The number of benzene rings is 2. The van der Waals surface area contributed by atoms with E-state index < -0.39 is 0 Å². The minimum atomic E-state index is -0.00438. The first kappa shape index (κ1) is 18.2. The van der Waals surface area contributed by atoms with Crippen LogP contribution in [0.2, 0.25) is 0 Å². The molecule has 0 unspecified atom stereocenters. The molecule has 1 N–H and O–H groups in total. The Bertz CT molecular complexity index is 997. The van der Waals surface area contributed by atoms with Crippen LogP contribution in [0.15, 0.2) is 48.5 Å². The molecule has 2 aromatic carbocycles. The molecule has 1 fully saturated rings. The molecule has 28 heavy (non-hydrogen) atoms. The Labute approximate surface area is 164 Å². The topological polar surface area (TPSA) is 67.4 Å². The van der Waals surface area contributed by atoms with Gasteiger partial charge in [0.05, 0.1) is 18.1 Å². The number of aryl methyl sites for hydroxylation is 1. The first-order valence-corrected chi connectivity index (χ1v) is 9.58. The summed E-state index contributed by atoms with van der Waals surface area (Å²) in [6, 6.07) is 15.6. The van der Waals surface area contributed by atoms with Crippen LogP contribution in [0.4, 0.5) is 11.5 Å². The highest BCUT2D eigenvalue weighted by molar-refractivity contribution is 5.93. The summed E-state index contributed by atoms with van der Waals surface area (Å²) in [6.07, 6.45) is 1.55. The van der Waals surface area contributed by atoms with Crippen molar-refractivity contribution in [2.45, 2.75) is 19.8 Å². The van der Waals surface area contributed by atoms with Crippen LogP contribution in [0.3, 0.4) is 0 Å². The number of carbonyl (C=O) groups excluding carboxylic acids is 1. The summed E-state index contributed by atoms with van der Waals surface area (Å²) in [5.74, 6) is 1.36. The van der Waals surface area contributed by atoms with Gasteiger partial charge in [0.1, 0.15) is 0 Å². The molecule has 144 valence electrons. The number of amides is 1. The summed E-state index contributed by atoms with van der Waals surface area (Å²) in [7, 11) is 1.62. The first-order valence-electron chi connectivity index (χ1n) is 9.58. The van der Waals surface area contributed by atoms with Crippen molar-refractivity contribution in [2.75, 3.05) is 30.4 Å². The van der Waals surface area contributed by atoms with E-state index in [-0.39, 0.29) is 11.8 Å². The van der Waals surface area contributed by atoms with Crippen LogP contribution >= 0.6 is 0 Å². The number of aromatic nitrogens is 2. The van der Waals surface area contributed by atoms with Gasteiger partial charge in [0.25, 0.3) is 5.88 Å². The molecule has 4 rings (SSSR count). The van der Waals surface area contributed by atoms with E-state index in [1.165, 1.54) is 0 Å². The van der Waals surface area contributed by atoms with Crippen molar-refractivity contribution >= 4 is 28.4 Å². The quantitative estimate of drug-likeness (QED) is 0.750. The van der Waals surface area contributed by atoms with E-state index >= 15 is 0 Å². The van der Waals surface area contributed by atoms with Gasteiger partial charge < -0.3 is 15.0 Å². The second kappa shape index (κ2) is 7.84. The minimum Gasteiger partial charge on any atom is -0.478 e. The number of nitrogens with zero attached hydrogens (tertiary/aromatic N) is 3. The van der Waals surface area contributed by atoms with Crippen LogP contribution in [-0.2, 0) is 4.79 Å². The van der Waals surface area contributed by atoms with Crippen molar-refractivity contribution < 1.29 is 9.53 Å². The van der Waals surface area contributed by atoms with Crippen molar-refractivity contribution in [3.05, 3.63) is 54.1 Å². The molecule has 0 bridgehead atoms. The molecule has 1 aromatic heterocycles. The minimum absolute atomic E-state index is 0.00438. The number of methoxy groups -OCH3 is 1. The highest BCUT2D eigenvalue weighted by atomic mass is 16.5. The number of fused-ring (bicyclic) bond motifs is 1. The SMILES string of the molecule is COc1nc2ccccc2nc1N1CCC(C(=O)Nc2ccccc2C)CC1. The van der Waals surface area contributed by atoms with Gasteiger partial charge in [-0.1, -0.05) is 30.3 Å². The number of para-hydroxylation sites is 3. The molecule has 2 heterocycles. The van der Waals surface area contributed by atoms with E-state index in [1.54, 1.807) is 7.11 Å². The van der Waals surface area contributed by atoms with Gasteiger partial charge in [-0.2, -0.15) is 0 Å². The number of anilines is 2. The third-order valence-corrected chi connectivity index (χ3v) is 5.28. The Morgan fingerprint density at radius 1 is 1.04 bits per heavy atom. The molecule has 1 aliphatic heterocycles. The van der Waals surface area contributed by atoms with E-state index in [4.69, 9.17) is 9.72 Å². The number of carbonyl (C=O) groups is 1. The van der Waals surface area contributed by atoms with Crippen molar-refractivity contribution in [1.29, 1.82) is 0 Å². The van der Waals surface area contributed by atoms with Crippen LogP contribution < -0.4 is 15.0 Å². The summed E-state index contributed by atoms with van der Waals surface area (Å²) in [4.78, 5) is 24.2. The van der Waals surface area contributed by atoms with Crippen molar-refractivity contribution in [3.8, 4) is 5.88 Å². The lowest BCUT2D eigenvalue weighted by Gasteiger charge is -2.32. The monoisotopic (exact) mass is 376 g/mol. The average Bonchev–Trinajstić information content (AvgIpc) is 2.74. The maximum atomic E-state index is 12.7. The number of hydrogen-bond donors (Lipinski definition) is 1. The summed E-state index contributed by atoms with van der Waals surface area (Å²) in [5.41, 5.74) is 3.62. The highest BCUT2D eigenvalue weighted by Gasteiger charge is 2.28. The van der Waals surface area contributed by atoms with E-state index in [0.29, 0.717) is 5.88 Å². The van der Waals surface area contributed by atoms with Gasteiger partial charge in [0, 0.05) is 24.7 Å². The van der Waals surface area contributed by atoms with Crippen LogP contribution in [0, 0.1) is 12.8 Å². The number of ether oxygens (including phenoxy) is 1. The predicted octanol–water partition coefficient (Wildman–Crippen LogP) is 3.80. The fraction of sp³-hybridized carbons (Fsp3) is 0.318. The predicted molar refractivity (Wildman–Crippen MR) is 111 cm³/mol. The molecule has 6 nitrogen and oxygen atoms in total. The zero-order valence-corrected chi connectivity index (χ0v) is 16.2. The van der Waals surface area contributed by atoms with Crippen LogP contribution in [-0.4, -0.2) is 36.1 Å². The zero-order chi connectivity index (χ0) is 19.5. The first-order chi connectivity index (χ1) is 13.7. The van der Waals surface area contributed by atoms with Gasteiger partial charge in [-0.3, -0.25) is 4.79 Å². The normalized spacial score (nSPS) is 14.9. The Kier molecular flexibility index (Phi) is 5.10. The Morgan fingerprint density at radius 3 is 2.36 bits per heavy atom. The number of piperidine rings is 1. The Hall–Kier alpha value is -3.15. The Balaban J connectivity index is 1.46. The smallest absolute Gasteiger partial charge is 0.257 e. The second-order valence-corrected chi connectivity index (χ2v) is 7.11. The van der Waals surface area contributed by atoms with E-state index in [9.17, 15) is 4.79 Å². The van der Waals surface area contributed by atoms with Gasteiger partial charge >= 0.3 is 0 Å². The lowest BCUT2D eigenvalue weighted by molar-refractivity contribution is -0.120. The van der Waals surface area contributed by atoms with Gasteiger partial charge in [-0.05, 0) is 43.5 Å². The molecule has 6 heteroatoms. The lowest BCUT2D eigenvalue weighted by atomic mass is 9.95. The van der Waals surface area contributed by atoms with Gasteiger partial charge in [-0.25, -0.2) is 9.97 Å². The number of hydrogen-bond acceptors (Lipinski definition) is 5. The molecule has 1 saturated heterocycles. The van der Waals surface area contributed by atoms with Gasteiger partial charge in [-0.15, -0.1) is 0 Å². The van der Waals surface area contributed by atoms with Crippen LogP contribution in [0.1, 0.15) is 18.4 Å². The molecule has 1 aliphatic rings. The standard InChI is InChI=1S/C22H24N4O2/c1-15-7-3-4-8-17(15)24-21(27)16-11-13-26(14-12-16)20-22(28-2)25-19-10-6-5-9-18(19)23-20/h3-10,16H,11-14H2,1-2H3,(H,24,27). The maximum Gasteiger partial charge on any atom is 0.257 e. The molecule has 1 amide bonds. The molecule has 3 aromatic rings.